The Balaban J connectivity index is 1.75. The van der Waals surface area contributed by atoms with Crippen molar-refractivity contribution in [3.8, 4) is 0 Å². The number of nitrogens with zero attached hydrogens (tertiary/aromatic N) is 2. The number of nitrogen functional groups attached to an aromatic ring is 1. The largest absolute Gasteiger partial charge is 0.391 e. The van der Waals surface area contributed by atoms with Crippen LogP contribution in [0.15, 0.2) is 0 Å². The molecule has 3 fully saturated rings. The number of aliphatic hydroxyl groups is 1. The maximum atomic E-state index is 10.3. The Labute approximate surface area is 105 Å². The third-order valence-electron chi connectivity index (χ3n) is 5.04. The van der Waals surface area contributed by atoms with Gasteiger partial charge in [0.1, 0.15) is 10.8 Å². The molecule has 0 amide bonds. The fourth-order valence-corrected chi connectivity index (χ4v) is 5.12. The van der Waals surface area contributed by atoms with Gasteiger partial charge in [0.15, 0.2) is 0 Å². The Hall–Kier alpha value is -0.810. The van der Waals surface area contributed by atoms with Crippen LogP contribution in [0.4, 0.5) is 10.8 Å². The first-order valence-corrected chi connectivity index (χ1v) is 7.10. The van der Waals surface area contributed by atoms with Crippen molar-refractivity contribution in [2.24, 2.45) is 17.8 Å². The van der Waals surface area contributed by atoms with E-state index < -0.39 is 0 Å². The summed E-state index contributed by atoms with van der Waals surface area (Å²) in [6.07, 6.45) is 2.30. The Bertz CT molecular complexity index is 472. The molecular weight excluding hydrogens is 234 g/mol. The summed E-state index contributed by atoms with van der Waals surface area (Å²) in [6.45, 7) is 3.12. The van der Waals surface area contributed by atoms with E-state index in [-0.39, 0.29) is 6.10 Å². The monoisotopic (exact) mass is 251 g/mol. The van der Waals surface area contributed by atoms with Crippen LogP contribution in [-0.4, -0.2) is 28.2 Å². The SMILES string of the molecule is Cc1c(N)nsc1N1CC2CC3CC2C1C3O. The quantitative estimate of drug-likeness (QED) is 0.788. The second kappa shape index (κ2) is 3.14. The van der Waals surface area contributed by atoms with Crippen LogP contribution in [0.5, 0.6) is 0 Å². The van der Waals surface area contributed by atoms with Crippen LogP contribution in [0.3, 0.4) is 0 Å². The maximum absolute atomic E-state index is 10.3. The molecule has 3 aliphatic rings. The maximum Gasteiger partial charge on any atom is 0.142 e. The average molecular weight is 251 g/mol. The van der Waals surface area contributed by atoms with Gasteiger partial charge in [0, 0.05) is 12.1 Å². The topological polar surface area (TPSA) is 62.4 Å². The summed E-state index contributed by atoms with van der Waals surface area (Å²) in [5.41, 5.74) is 6.93. The third-order valence-corrected chi connectivity index (χ3v) is 6.05. The number of aliphatic hydroxyl groups excluding tert-OH is 1. The van der Waals surface area contributed by atoms with E-state index in [2.05, 4.69) is 9.27 Å². The van der Waals surface area contributed by atoms with E-state index >= 15 is 0 Å². The van der Waals surface area contributed by atoms with Crippen LogP contribution < -0.4 is 10.6 Å². The predicted octanol–water partition coefficient (Wildman–Crippen LogP) is 1.24. The molecule has 2 bridgehead atoms. The molecule has 0 radical (unpaired) electrons. The first-order valence-electron chi connectivity index (χ1n) is 6.33. The highest BCUT2D eigenvalue weighted by molar-refractivity contribution is 7.10. The molecular formula is C12H17N3OS. The summed E-state index contributed by atoms with van der Waals surface area (Å²) in [5, 5.41) is 11.5. The van der Waals surface area contributed by atoms with Gasteiger partial charge in [-0.1, -0.05) is 0 Å². The zero-order valence-corrected chi connectivity index (χ0v) is 10.7. The lowest BCUT2D eigenvalue weighted by molar-refractivity contribution is 0.0968. The van der Waals surface area contributed by atoms with Crippen molar-refractivity contribution in [2.75, 3.05) is 17.2 Å². The van der Waals surface area contributed by atoms with E-state index in [1.165, 1.54) is 29.4 Å². The minimum absolute atomic E-state index is 0.138. The van der Waals surface area contributed by atoms with Crippen LogP contribution in [-0.2, 0) is 0 Å². The molecule has 3 N–H and O–H groups in total. The molecule has 2 aliphatic carbocycles. The molecule has 1 aliphatic heterocycles. The summed E-state index contributed by atoms with van der Waals surface area (Å²) >= 11 is 1.48. The van der Waals surface area contributed by atoms with E-state index in [1.54, 1.807) is 0 Å². The van der Waals surface area contributed by atoms with Crippen molar-refractivity contribution in [3.05, 3.63) is 5.56 Å². The molecule has 92 valence electrons. The van der Waals surface area contributed by atoms with E-state index in [0.717, 1.165) is 18.0 Å². The average Bonchev–Trinajstić information content (AvgIpc) is 2.95. The van der Waals surface area contributed by atoms with Gasteiger partial charge in [-0.25, -0.2) is 0 Å². The molecule has 2 saturated carbocycles. The van der Waals surface area contributed by atoms with Crippen LogP contribution in [0, 0.1) is 24.7 Å². The van der Waals surface area contributed by atoms with Gasteiger partial charge in [-0.3, -0.25) is 0 Å². The predicted molar refractivity (Wildman–Crippen MR) is 68.1 cm³/mol. The summed E-state index contributed by atoms with van der Waals surface area (Å²) in [5.74, 6) is 2.69. The Morgan fingerprint density at radius 1 is 1.41 bits per heavy atom. The van der Waals surface area contributed by atoms with Crippen molar-refractivity contribution >= 4 is 22.4 Å². The number of hydrogen-bond donors (Lipinski definition) is 2. The van der Waals surface area contributed by atoms with Gasteiger partial charge in [0.05, 0.1) is 12.1 Å². The molecule has 4 rings (SSSR count). The molecule has 5 unspecified atom stereocenters. The molecule has 1 saturated heterocycles. The minimum atomic E-state index is -0.138. The molecule has 4 nitrogen and oxygen atoms in total. The number of fused-ring (bicyclic) bond motifs is 1. The van der Waals surface area contributed by atoms with Crippen LogP contribution in [0.1, 0.15) is 18.4 Å². The van der Waals surface area contributed by atoms with Crippen LogP contribution in [0.25, 0.3) is 0 Å². The summed E-state index contributed by atoms with van der Waals surface area (Å²) in [7, 11) is 0. The highest BCUT2D eigenvalue weighted by Gasteiger charge is 2.59. The second-order valence-electron chi connectivity index (χ2n) is 5.79. The van der Waals surface area contributed by atoms with Gasteiger partial charge in [-0.15, -0.1) is 0 Å². The summed E-state index contributed by atoms with van der Waals surface area (Å²) < 4.78 is 4.23. The number of aromatic nitrogens is 1. The zero-order valence-electron chi connectivity index (χ0n) is 9.84. The van der Waals surface area contributed by atoms with E-state index in [9.17, 15) is 5.11 Å². The fraction of sp³-hybridized carbons (Fsp3) is 0.750. The lowest BCUT2D eigenvalue weighted by Crippen LogP contribution is -2.40. The van der Waals surface area contributed by atoms with Crippen molar-refractivity contribution in [1.82, 2.24) is 4.37 Å². The molecule has 0 aromatic carbocycles. The molecule has 0 spiro atoms. The lowest BCUT2D eigenvalue weighted by Gasteiger charge is -2.29. The number of nitrogens with two attached hydrogens (primary N) is 1. The normalized spacial score (nSPS) is 42.7. The molecule has 5 heteroatoms. The van der Waals surface area contributed by atoms with Crippen LogP contribution >= 0.6 is 11.5 Å². The van der Waals surface area contributed by atoms with Crippen molar-refractivity contribution in [2.45, 2.75) is 31.9 Å². The summed E-state index contributed by atoms with van der Waals surface area (Å²) in [6, 6.07) is 0.331. The Kier molecular flexibility index (Phi) is 1.88. The minimum Gasteiger partial charge on any atom is -0.391 e. The standard InChI is InChI=1S/C12H17N3OS/c1-5-11(13)14-17-12(5)15-4-7-2-6-3-8(7)9(15)10(6)16/h6-10,16H,2-4H2,1H3,(H2,13,14). The smallest absolute Gasteiger partial charge is 0.142 e. The second-order valence-corrected chi connectivity index (χ2v) is 6.54. The van der Waals surface area contributed by atoms with Gasteiger partial charge >= 0.3 is 0 Å². The van der Waals surface area contributed by atoms with Gasteiger partial charge in [-0.2, -0.15) is 4.37 Å². The van der Waals surface area contributed by atoms with Crippen molar-refractivity contribution in [1.29, 1.82) is 0 Å². The molecule has 1 aromatic heterocycles. The van der Waals surface area contributed by atoms with Crippen LogP contribution in [0.2, 0.25) is 0 Å². The van der Waals surface area contributed by atoms with E-state index in [0.29, 0.717) is 23.7 Å². The van der Waals surface area contributed by atoms with Gasteiger partial charge < -0.3 is 15.7 Å². The van der Waals surface area contributed by atoms with Crippen molar-refractivity contribution in [3.63, 3.8) is 0 Å². The van der Waals surface area contributed by atoms with Gasteiger partial charge in [0.25, 0.3) is 0 Å². The first kappa shape index (κ1) is 10.1. The molecule has 5 atom stereocenters. The van der Waals surface area contributed by atoms with Gasteiger partial charge in [0.2, 0.25) is 0 Å². The zero-order chi connectivity index (χ0) is 11.7. The third kappa shape index (κ3) is 1.14. The van der Waals surface area contributed by atoms with E-state index in [1.807, 2.05) is 6.92 Å². The Morgan fingerprint density at radius 3 is 2.88 bits per heavy atom. The number of anilines is 2. The number of hydrogen-bond acceptors (Lipinski definition) is 5. The van der Waals surface area contributed by atoms with E-state index in [4.69, 9.17) is 5.73 Å². The molecule has 17 heavy (non-hydrogen) atoms. The highest BCUT2D eigenvalue weighted by Crippen LogP contribution is 2.56. The lowest BCUT2D eigenvalue weighted by atomic mass is 9.88. The molecule has 2 heterocycles. The highest BCUT2D eigenvalue weighted by atomic mass is 32.1. The Morgan fingerprint density at radius 2 is 2.24 bits per heavy atom. The van der Waals surface area contributed by atoms with Crippen molar-refractivity contribution < 1.29 is 5.11 Å². The first-order chi connectivity index (χ1) is 8.16. The fourth-order valence-electron chi connectivity index (χ4n) is 4.26. The summed E-state index contributed by atoms with van der Waals surface area (Å²) in [4.78, 5) is 2.39. The molecule has 1 aromatic rings. The van der Waals surface area contributed by atoms with Gasteiger partial charge in [-0.05, 0) is 49.1 Å². The number of rotatable bonds is 1.